The Labute approximate surface area is 192 Å². The van der Waals surface area contributed by atoms with E-state index in [1.165, 1.54) is 25.5 Å². The number of hydrazone groups is 1. The molecule has 0 aliphatic heterocycles. The molecule has 0 atom stereocenters. The number of aromatic nitrogens is 2. The Hall–Kier alpha value is -4.81. The predicted octanol–water partition coefficient (Wildman–Crippen LogP) is 2.75. The predicted molar refractivity (Wildman–Crippen MR) is 120 cm³/mol. The number of carbonyl (C=O) groups excluding carboxylic acids is 1. The van der Waals surface area contributed by atoms with Crippen molar-refractivity contribution in [2.24, 2.45) is 5.10 Å². The number of nitrogens with one attached hydrogen (secondary N) is 1. The number of amides is 1. The maximum atomic E-state index is 12.0. The highest BCUT2D eigenvalue weighted by Gasteiger charge is 2.12. The molecule has 0 saturated heterocycles. The van der Waals surface area contributed by atoms with Crippen molar-refractivity contribution in [3.63, 3.8) is 0 Å². The number of hydrogen-bond donors (Lipinski definition) is 1. The quantitative estimate of drug-likeness (QED) is 0.269. The van der Waals surface area contributed by atoms with Gasteiger partial charge >= 0.3 is 5.69 Å². The summed E-state index contributed by atoms with van der Waals surface area (Å²) in [5, 5.41) is 29.3. The van der Waals surface area contributed by atoms with Crippen molar-refractivity contribution in [3.05, 3.63) is 85.7 Å². The summed E-state index contributed by atoms with van der Waals surface area (Å²) in [6.07, 6.45) is 3.61. The normalized spacial score (nSPS) is 10.8. The van der Waals surface area contributed by atoms with Gasteiger partial charge in [-0.05, 0) is 42.8 Å². The molecule has 3 aromatic rings. The van der Waals surface area contributed by atoms with Gasteiger partial charge in [0.2, 0.25) is 0 Å². The van der Waals surface area contributed by atoms with Crippen LogP contribution in [0.4, 0.5) is 11.4 Å². The number of ether oxygens (including phenoxy) is 2. The fraction of sp³-hybridized carbons (Fsp3) is 0.190. The van der Waals surface area contributed by atoms with Gasteiger partial charge in [0.15, 0.2) is 0 Å². The van der Waals surface area contributed by atoms with Gasteiger partial charge in [-0.25, -0.2) is 5.43 Å². The second kappa shape index (κ2) is 10.7. The summed E-state index contributed by atoms with van der Waals surface area (Å²) in [7, 11) is 1.52. The lowest BCUT2D eigenvalue weighted by molar-refractivity contribution is -0.385. The van der Waals surface area contributed by atoms with Gasteiger partial charge in [-0.15, -0.1) is 0 Å². The van der Waals surface area contributed by atoms with Gasteiger partial charge in [-0.3, -0.25) is 29.7 Å². The molecule has 0 bridgehead atoms. The third kappa shape index (κ3) is 6.12. The third-order valence-corrected chi connectivity index (χ3v) is 4.60. The number of nitro groups is 2. The van der Waals surface area contributed by atoms with Crippen LogP contribution in [0.3, 0.4) is 0 Å². The number of benzene rings is 2. The van der Waals surface area contributed by atoms with Crippen LogP contribution < -0.4 is 14.9 Å². The first-order valence-electron chi connectivity index (χ1n) is 9.80. The highest BCUT2D eigenvalue weighted by Crippen LogP contribution is 2.25. The lowest BCUT2D eigenvalue weighted by Gasteiger charge is -2.11. The van der Waals surface area contributed by atoms with Crippen molar-refractivity contribution in [2.75, 3.05) is 7.11 Å². The minimum Gasteiger partial charge on any atom is -0.496 e. The van der Waals surface area contributed by atoms with Crippen LogP contribution in [0.5, 0.6) is 11.5 Å². The lowest BCUT2D eigenvalue weighted by atomic mass is 10.1. The van der Waals surface area contributed by atoms with E-state index in [0.717, 1.165) is 17.1 Å². The van der Waals surface area contributed by atoms with Crippen LogP contribution in [0, 0.1) is 27.2 Å². The maximum absolute atomic E-state index is 12.0. The number of rotatable bonds is 10. The number of methoxy groups -OCH3 is 1. The maximum Gasteiger partial charge on any atom is 0.307 e. The van der Waals surface area contributed by atoms with Crippen LogP contribution in [0.15, 0.2) is 53.9 Å². The van der Waals surface area contributed by atoms with Crippen molar-refractivity contribution in [1.29, 1.82) is 0 Å². The zero-order valence-electron chi connectivity index (χ0n) is 18.2. The molecule has 13 nitrogen and oxygen atoms in total. The molecule has 0 fully saturated rings. The van der Waals surface area contributed by atoms with Gasteiger partial charge in [0.25, 0.3) is 11.6 Å². The van der Waals surface area contributed by atoms with Gasteiger partial charge in [0.1, 0.15) is 37.0 Å². The smallest absolute Gasteiger partial charge is 0.307 e. The number of carbonyl (C=O) groups is 1. The Bertz CT molecular complexity index is 1250. The minimum absolute atomic E-state index is 0.0102. The molecule has 1 amide bonds. The van der Waals surface area contributed by atoms with E-state index >= 15 is 0 Å². The molecule has 1 N–H and O–H groups in total. The second-order valence-electron chi connectivity index (χ2n) is 7.01. The zero-order valence-corrected chi connectivity index (χ0v) is 18.2. The van der Waals surface area contributed by atoms with Gasteiger partial charge in [0.05, 0.1) is 23.2 Å². The fourth-order valence-electron chi connectivity index (χ4n) is 2.97. The van der Waals surface area contributed by atoms with Crippen LogP contribution in [-0.4, -0.2) is 38.9 Å². The van der Waals surface area contributed by atoms with E-state index in [-0.39, 0.29) is 24.5 Å². The molecule has 176 valence electrons. The van der Waals surface area contributed by atoms with Crippen LogP contribution in [0.1, 0.15) is 16.7 Å². The van der Waals surface area contributed by atoms with Crippen LogP contribution in [0.25, 0.3) is 0 Å². The van der Waals surface area contributed by atoms with Gasteiger partial charge in [-0.1, -0.05) is 0 Å². The van der Waals surface area contributed by atoms with E-state index in [0.29, 0.717) is 28.2 Å². The molecule has 34 heavy (non-hydrogen) atoms. The van der Waals surface area contributed by atoms with Crippen molar-refractivity contribution >= 4 is 23.5 Å². The highest BCUT2D eigenvalue weighted by atomic mass is 16.6. The molecule has 0 unspecified atom stereocenters. The first-order valence-corrected chi connectivity index (χ1v) is 9.80. The monoisotopic (exact) mass is 468 g/mol. The summed E-state index contributed by atoms with van der Waals surface area (Å²) in [5.41, 5.74) is 3.94. The summed E-state index contributed by atoms with van der Waals surface area (Å²) in [6, 6.07) is 9.68. The van der Waals surface area contributed by atoms with Crippen molar-refractivity contribution < 1.29 is 24.1 Å². The molecule has 1 heterocycles. The second-order valence-corrected chi connectivity index (χ2v) is 7.01. The van der Waals surface area contributed by atoms with Gasteiger partial charge in [-0.2, -0.15) is 10.2 Å². The fourth-order valence-corrected chi connectivity index (χ4v) is 2.97. The van der Waals surface area contributed by atoms with Gasteiger partial charge < -0.3 is 9.47 Å². The van der Waals surface area contributed by atoms with Crippen LogP contribution in [0.2, 0.25) is 0 Å². The zero-order chi connectivity index (χ0) is 24.7. The van der Waals surface area contributed by atoms with E-state index in [4.69, 9.17) is 9.47 Å². The number of nitro benzene ring substituents is 1. The average molecular weight is 468 g/mol. The summed E-state index contributed by atoms with van der Waals surface area (Å²) >= 11 is 0. The van der Waals surface area contributed by atoms with E-state index in [9.17, 15) is 25.0 Å². The largest absolute Gasteiger partial charge is 0.496 e. The van der Waals surface area contributed by atoms with Crippen molar-refractivity contribution in [2.45, 2.75) is 20.1 Å². The van der Waals surface area contributed by atoms with E-state index in [1.807, 2.05) is 0 Å². The Morgan fingerprint density at radius 3 is 2.65 bits per heavy atom. The Morgan fingerprint density at radius 2 is 2.00 bits per heavy atom. The van der Waals surface area contributed by atoms with E-state index in [1.54, 1.807) is 31.2 Å². The average Bonchev–Trinajstić information content (AvgIpc) is 3.26. The molecule has 2 aromatic carbocycles. The molecule has 0 saturated carbocycles. The third-order valence-electron chi connectivity index (χ3n) is 4.60. The molecule has 0 aliphatic carbocycles. The standard InChI is InChI=1S/C21H20N6O7/c1-14-7-18(4-5-19(14)27(31)32)34-13-16-8-15(3-6-20(16)33-2)9-22-24-21(28)12-25-11-17(10-23-25)26(29)30/h3-11H,12-13H2,1-2H3,(H,24,28). The SMILES string of the molecule is COc1ccc(C=NNC(=O)Cn2cc([N+](=O)[O-])cn2)cc1COc1ccc([N+](=O)[O-])c(C)c1. The molecule has 1 aromatic heterocycles. The summed E-state index contributed by atoms with van der Waals surface area (Å²) in [6.45, 7) is 1.53. The molecule has 0 spiro atoms. The van der Waals surface area contributed by atoms with Gasteiger partial charge in [0, 0.05) is 17.2 Å². The molecule has 0 radical (unpaired) electrons. The first kappa shape index (κ1) is 23.8. The van der Waals surface area contributed by atoms with E-state index < -0.39 is 15.8 Å². The molecule has 3 rings (SSSR count). The van der Waals surface area contributed by atoms with Crippen LogP contribution in [-0.2, 0) is 17.9 Å². The number of hydrogen-bond acceptors (Lipinski definition) is 9. The number of aryl methyl sites for hydroxylation is 1. The first-order chi connectivity index (χ1) is 16.3. The Balaban J connectivity index is 1.62. The van der Waals surface area contributed by atoms with Crippen molar-refractivity contribution in [3.8, 4) is 11.5 Å². The Kier molecular flexibility index (Phi) is 7.48. The summed E-state index contributed by atoms with van der Waals surface area (Å²) in [5.74, 6) is 0.523. The topological polar surface area (TPSA) is 164 Å². The minimum atomic E-state index is -0.604. The molecular formula is C21H20N6O7. The number of nitrogens with zero attached hydrogens (tertiary/aromatic N) is 5. The van der Waals surface area contributed by atoms with E-state index in [2.05, 4.69) is 15.6 Å². The van der Waals surface area contributed by atoms with Crippen molar-refractivity contribution in [1.82, 2.24) is 15.2 Å². The Morgan fingerprint density at radius 1 is 1.21 bits per heavy atom. The summed E-state index contributed by atoms with van der Waals surface area (Å²) < 4.78 is 12.2. The summed E-state index contributed by atoms with van der Waals surface area (Å²) in [4.78, 5) is 32.5. The molecule has 0 aliphatic rings. The lowest BCUT2D eigenvalue weighted by Crippen LogP contribution is -2.23. The molecule has 13 heteroatoms. The van der Waals surface area contributed by atoms with Crippen LogP contribution >= 0.6 is 0 Å². The highest BCUT2D eigenvalue weighted by molar-refractivity contribution is 5.82. The molecular weight excluding hydrogens is 448 g/mol.